The zero-order chi connectivity index (χ0) is 13.7. The van der Waals surface area contributed by atoms with Gasteiger partial charge in [0.25, 0.3) is 0 Å². The first-order valence-electron chi connectivity index (χ1n) is 7.29. The Morgan fingerprint density at radius 3 is 2.63 bits per heavy atom. The lowest BCUT2D eigenvalue weighted by atomic mass is 9.78. The second-order valence-corrected chi connectivity index (χ2v) is 5.77. The zero-order valence-corrected chi connectivity index (χ0v) is 11.7. The molecule has 1 fully saturated rings. The molecule has 2 N–H and O–H groups in total. The second-order valence-electron chi connectivity index (χ2n) is 5.77. The van der Waals surface area contributed by atoms with E-state index in [1.165, 1.54) is 12.5 Å². The van der Waals surface area contributed by atoms with Crippen LogP contribution in [0.5, 0.6) is 0 Å². The lowest BCUT2D eigenvalue weighted by molar-refractivity contribution is -0.00885. The van der Waals surface area contributed by atoms with E-state index in [0.29, 0.717) is 18.7 Å². The molecule has 0 bridgehead atoms. The minimum Gasteiger partial charge on any atom is -0.389 e. The Morgan fingerprint density at radius 2 is 2.00 bits per heavy atom. The zero-order valence-electron chi connectivity index (χ0n) is 11.7. The van der Waals surface area contributed by atoms with Gasteiger partial charge in [-0.3, -0.25) is 0 Å². The van der Waals surface area contributed by atoms with Crippen molar-refractivity contribution in [3.8, 4) is 0 Å². The van der Waals surface area contributed by atoms with Crippen LogP contribution in [0.4, 0.5) is 4.39 Å². The van der Waals surface area contributed by atoms with Gasteiger partial charge in [-0.25, -0.2) is 4.39 Å². The number of rotatable bonds is 5. The van der Waals surface area contributed by atoms with Crippen molar-refractivity contribution in [3.05, 3.63) is 35.6 Å². The highest BCUT2D eigenvalue weighted by Gasteiger charge is 2.32. The van der Waals surface area contributed by atoms with Crippen LogP contribution in [0.25, 0.3) is 0 Å². The molecule has 0 radical (unpaired) electrons. The van der Waals surface area contributed by atoms with Crippen LogP contribution in [0, 0.1) is 11.7 Å². The van der Waals surface area contributed by atoms with E-state index in [2.05, 4.69) is 12.2 Å². The van der Waals surface area contributed by atoms with Gasteiger partial charge >= 0.3 is 0 Å². The van der Waals surface area contributed by atoms with Gasteiger partial charge < -0.3 is 10.4 Å². The summed E-state index contributed by atoms with van der Waals surface area (Å²) in [4.78, 5) is 0. The summed E-state index contributed by atoms with van der Waals surface area (Å²) in [5.41, 5.74) is 0.0602. The van der Waals surface area contributed by atoms with Crippen LogP contribution in [0.3, 0.4) is 0 Å². The maximum atomic E-state index is 13.4. The Labute approximate surface area is 115 Å². The molecule has 0 heterocycles. The first-order valence-corrected chi connectivity index (χ1v) is 7.29. The SMILES string of the molecule is CCC1CCC(O)(CNCc2ccccc2F)CC1. The van der Waals surface area contributed by atoms with Crippen molar-refractivity contribution in [2.45, 2.75) is 51.2 Å². The molecule has 0 atom stereocenters. The summed E-state index contributed by atoms with van der Waals surface area (Å²) in [6.07, 6.45) is 5.13. The van der Waals surface area contributed by atoms with Crippen molar-refractivity contribution in [1.29, 1.82) is 0 Å². The van der Waals surface area contributed by atoms with E-state index >= 15 is 0 Å². The minimum atomic E-state index is -0.600. The quantitative estimate of drug-likeness (QED) is 0.856. The fourth-order valence-corrected chi connectivity index (χ4v) is 2.87. The minimum absolute atomic E-state index is 0.184. The fraction of sp³-hybridized carbons (Fsp3) is 0.625. The van der Waals surface area contributed by atoms with Crippen molar-refractivity contribution in [2.24, 2.45) is 5.92 Å². The average Bonchev–Trinajstić information content (AvgIpc) is 2.42. The van der Waals surface area contributed by atoms with Gasteiger partial charge in [0.1, 0.15) is 5.82 Å². The van der Waals surface area contributed by atoms with E-state index in [4.69, 9.17) is 0 Å². The highest BCUT2D eigenvalue weighted by molar-refractivity contribution is 5.16. The van der Waals surface area contributed by atoms with Gasteiger partial charge in [-0.15, -0.1) is 0 Å². The highest BCUT2D eigenvalue weighted by atomic mass is 19.1. The van der Waals surface area contributed by atoms with Crippen LogP contribution in [0.2, 0.25) is 0 Å². The van der Waals surface area contributed by atoms with Gasteiger partial charge in [0, 0.05) is 18.7 Å². The first-order chi connectivity index (χ1) is 9.13. The molecule has 1 aromatic carbocycles. The summed E-state index contributed by atoms with van der Waals surface area (Å²) in [7, 11) is 0. The van der Waals surface area contributed by atoms with Crippen LogP contribution < -0.4 is 5.32 Å². The van der Waals surface area contributed by atoms with E-state index in [0.717, 1.165) is 31.6 Å². The number of aliphatic hydroxyl groups is 1. The Bertz CT molecular complexity index is 399. The van der Waals surface area contributed by atoms with E-state index in [9.17, 15) is 9.50 Å². The normalized spacial score (nSPS) is 27.4. The van der Waals surface area contributed by atoms with Gasteiger partial charge in [0.15, 0.2) is 0 Å². The molecule has 0 aromatic heterocycles. The van der Waals surface area contributed by atoms with Crippen LogP contribution in [0.1, 0.15) is 44.6 Å². The van der Waals surface area contributed by atoms with E-state index < -0.39 is 5.60 Å². The summed E-state index contributed by atoms with van der Waals surface area (Å²) in [5.74, 6) is 0.587. The number of hydrogen-bond donors (Lipinski definition) is 2. The third-order valence-corrected chi connectivity index (χ3v) is 4.34. The number of halogens is 1. The van der Waals surface area contributed by atoms with Gasteiger partial charge in [-0.1, -0.05) is 31.5 Å². The number of hydrogen-bond acceptors (Lipinski definition) is 2. The van der Waals surface area contributed by atoms with Crippen molar-refractivity contribution in [2.75, 3.05) is 6.54 Å². The topological polar surface area (TPSA) is 32.3 Å². The largest absolute Gasteiger partial charge is 0.389 e. The smallest absolute Gasteiger partial charge is 0.127 e. The molecule has 1 aliphatic carbocycles. The predicted molar refractivity (Wildman–Crippen MR) is 75.3 cm³/mol. The average molecular weight is 265 g/mol. The second kappa shape index (κ2) is 6.49. The van der Waals surface area contributed by atoms with Crippen molar-refractivity contribution >= 4 is 0 Å². The lowest BCUT2D eigenvalue weighted by Gasteiger charge is -2.36. The van der Waals surface area contributed by atoms with Crippen LogP contribution >= 0.6 is 0 Å². The molecule has 19 heavy (non-hydrogen) atoms. The maximum Gasteiger partial charge on any atom is 0.127 e. The van der Waals surface area contributed by atoms with Crippen LogP contribution in [-0.4, -0.2) is 17.3 Å². The third kappa shape index (κ3) is 4.02. The molecular formula is C16H24FNO. The van der Waals surface area contributed by atoms with E-state index in [1.807, 2.05) is 6.07 Å². The van der Waals surface area contributed by atoms with Crippen LogP contribution in [-0.2, 0) is 6.54 Å². The molecule has 106 valence electrons. The van der Waals surface area contributed by atoms with Gasteiger partial charge in [0.05, 0.1) is 5.60 Å². The first kappa shape index (κ1) is 14.5. The molecule has 3 heteroatoms. The molecule has 1 aliphatic rings. The van der Waals surface area contributed by atoms with E-state index in [1.54, 1.807) is 12.1 Å². The molecule has 0 aliphatic heterocycles. The third-order valence-electron chi connectivity index (χ3n) is 4.34. The summed E-state index contributed by atoms with van der Waals surface area (Å²) < 4.78 is 13.4. The van der Waals surface area contributed by atoms with Crippen LogP contribution in [0.15, 0.2) is 24.3 Å². The van der Waals surface area contributed by atoms with E-state index in [-0.39, 0.29) is 5.82 Å². The Kier molecular flexibility index (Phi) is 4.94. The Balaban J connectivity index is 1.78. The Morgan fingerprint density at radius 1 is 1.32 bits per heavy atom. The predicted octanol–water partition coefficient (Wildman–Crippen LogP) is 3.25. The number of benzene rings is 1. The lowest BCUT2D eigenvalue weighted by Crippen LogP contribution is -2.43. The molecule has 0 spiro atoms. The number of nitrogens with one attached hydrogen (secondary N) is 1. The molecule has 1 saturated carbocycles. The standard InChI is InChI=1S/C16H24FNO/c1-2-13-7-9-16(19,10-8-13)12-18-11-14-5-3-4-6-15(14)17/h3-6,13,18-19H,2,7-12H2,1H3. The van der Waals surface area contributed by atoms with Gasteiger partial charge in [-0.2, -0.15) is 0 Å². The van der Waals surface area contributed by atoms with Gasteiger partial charge in [-0.05, 0) is 37.7 Å². The van der Waals surface area contributed by atoms with Gasteiger partial charge in [0.2, 0.25) is 0 Å². The fourth-order valence-electron chi connectivity index (χ4n) is 2.87. The summed E-state index contributed by atoms with van der Waals surface area (Å²) in [6, 6.07) is 6.78. The summed E-state index contributed by atoms with van der Waals surface area (Å²) in [6.45, 7) is 3.25. The molecular weight excluding hydrogens is 241 g/mol. The van der Waals surface area contributed by atoms with Crippen molar-refractivity contribution < 1.29 is 9.50 Å². The monoisotopic (exact) mass is 265 g/mol. The molecule has 2 nitrogen and oxygen atoms in total. The molecule has 2 rings (SSSR count). The molecule has 0 saturated heterocycles. The van der Waals surface area contributed by atoms with Crippen molar-refractivity contribution in [1.82, 2.24) is 5.32 Å². The molecule has 1 aromatic rings. The maximum absolute atomic E-state index is 13.4. The summed E-state index contributed by atoms with van der Waals surface area (Å²) in [5, 5.41) is 13.7. The highest BCUT2D eigenvalue weighted by Crippen LogP contribution is 2.33. The molecule has 0 unspecified atom stereocenters. The van der Waals surface area contributed by atoms with Crippen molar-refractivity contribution in [3.63, 3.8) is 0 Å². The molecule has 0 amide bonds. The summed E-state index contributed by atoms with van der Waals surface area (Å²) >= 11 is 0. The Hall–Kier alpha value is -0.930.